The zero-order chi connectivity index (χ0) is 17.7. The summed E-state index contributed by atoms with van der Waals surface area (Å²) in [6.07, 6.45) is 0. The fraction of sp³-hybridized carbons (Fsp3) is 0.263. The van der Waals surface area contributed by atoms with Crippen LogP contribution in [0.4, 0.5) is 5.69 Å². The minimum Gasteiger partial charge on any atom is -0.496 e. The molecule has 24 heavy (non-hydrogen) atoms. The third kappa shape index (κ3) is 3.93. The molecule has 1 N–H and O–H groups in total. The van der Waals surface area contributed by atoms with E-state index in [4.69, 9.17) is 9.47 Å². The first-order valence-corrected chi connectivity index (χ1v) is 7.70. The Balaban J connectivity index is 2.23. The second-order valence-electron chi connectivity index (χ2n) is 5.39. The number of hydrogen-bond acceptors (Lipinski definition) is 4. The molecule has 0 saturated heterocycles. The molecule has 2 aromatic rings. The minimum atomic E-state index is -0.409. The number of rotatable bonds is 5. The maximum absolute atomic E-state index is 12.5. The molecule has 5 nitrogen and oxygen atoms in total. The number of carbonyl (C=O) groups excluding carboxylic acids is 2. The molecule has 2 aromatic carbocycles. The van der Waals surface area contributed by atoms with Crippen molar-refractivity contribution >= 4 is 17.6 Å². The molecule has 5 heteroatoms. The van der Waals surface area contributed by atoms with Crippen LogP contribution in [0.1, 0.15) is 38.8 Å². The van der Waals surface area contributed by atoms with Crippen LogP contribution in [-0.2, 0) is 4.74 Å². The molecule has 1 amide bonds. The van der Waals surface area contributed by atoms with Crippen LogP contribution in [0.5, 0.6) is 5.75 Å². The first-order chi connectivity index (χ1) is 11.5. The van der Waals surface area contributed by atoms with Gasteiger partial charge in [0.05, 0.1) is 19.3 Å². The molecule has 2 rings (SSSR count). The zero-order valence-electron chi connectivity index (χ0n) is 14.3. The largest absolute Gasteiger partial charge is 0.496 e. The number of aryl methyl sites for hydroxylation is 2. The predicted octanol–water partition coefficient (Wildman–Crippen LogP) is 3.74. The Kier molecular flexibility index (Phi) is 5.58. The Morgan fingerprint density at radius 3 is 2.33 bits per heavy atom. The van der Waals surface area contributed by atoms with E-state index in [1.54, 1.807) is 50.4 Å². The van der Waals surface area contributed by atoms with Crippen molar-refractivity contribution in [2.24, 2.45) is 0 Å². The van der Waals surface area contributed by atoms with Crippen molar-refractivity contribution in [3.05, 3.63) is 58.7 Å². The first-order valence-electron chi connectivity index (χ1n) is 7.70. The Labute approximate surface area is 141 Å². The monoisotopic (exact) mass is 327 g/mol. The van der Waals surface area contributed by atoms with Crippen molar-refractivity contribution in [2.75, 3.05) is 19.0 Å². The van der Waals surface area contributed by atoms with Crippen LogP contribution in [0, 0.1) is 13.8 Å². The second-order valence-corrected chi connectivity index (χ2v) is 5.39. The predicted molar refractivity (Wildman–Crippen MR) is 92.8 cm³/mol. The molecule has 0 unspecified atom stereocenters. The van der Waals surface area contributed by atoms with E-state index in [9.17, 15) is 9.59 Å². The Bertz CT molecular complexity index is 768. The first kappa shape index (κ1) is 17.5. The van der Waals surface area contributed by atoms with Gasteiger partial charge in [-0.2, -0.15) is 0 Å². The lowest BCUT2D eigenvalue weighted by molar-refractivity contribution is 0.0526. The van der Waals surface area contributed by atoms with E-state index in [2.05, 4.69) is 5.32 Å². The highest BCUT2D eigenvalue weighted by Gasteiger charge is 2.13. The molecule has 0 fully saturated rings. The molecule has 0 radical (unpaired) electrons. The number of nitrogens with one attached hydrogen (secondary N) is 1. The van der Waals surface area contributed by atoms with Gasteiger partial charge in [-0.15, -0.1) is 0 Å². The van der Waals surface area contributed by atoms with Gasteiger partial charge in [-0.25, -0.2) is 4.79 Å². The summed E-state index contributed by atoms with van der Waals surface area (Å²) in [5.41, 5.74) is 3.25. The SMILES string of the molecule is CCOC(=O)c1ccc(C)c(NC(=O)c2ccc(OC)c(C)c2)c1. The van der Waals surface area contributed by atoms with E-state index < -0.39 is 5.97 Å². The highest BCUT2D eigenvalue weighted by Crippen LogP contribution is 2.21. The summed E-state index contributed by atoms with van der Waals surface area (Å²) in [6.45, 7) is 5.80. The number of hydrogen-bond donors (Lipinski definition) is 1. The highest BCUT2D eigenvalue weighted by atomic mass is 16.5. The van der Waals surface area contributed by atoms with Crippen LogP contribution < -0.4 is 10.1 Å². The van der Waals surface area contributed by atoms with Crippen molar-refractivity contribution < 1.29 is 19.1 Å². The fourth-order valence-electron chi connectivity index (χ4n) is 2.31. The number of ether oxygens (including phenoxy) is 2. The fourth-order valence-corrected chi connectivity index (χ4v) is 2.31. The summed E-state index contributed by atoms with van der Waals surface area (Å²) < 4.78 is 10.2. The summed E-state index contributed by atoms with van der Waals surface area (Å²) in [7, 11) is 1.59. The van der Waals surface area contributed by atoms with Crippen molar-refractivity contribution in [2.45, 2.75) is 20.8 Å². The molecule has 126 valence electrons. The zero-order valence-corrected chi connectivity index (χ0v) is 14.3. The summed E-state index contributed by atoms with van der Waals surface area (Å²) in [5.74, 6) is 0.0743. The van der Waals surface area contributed by atoms with Gasteiger partial charge in [0.15, 0.2) is 0 Å². The highest BCUT2D eigenvalue weighted by molar-refractivity contribution is 6.05. The van der Waals surface area contributed by atoms with Gasteiger partial charge in [0.25, 0.3) is 5.91 Å². The molecular formula is C19H21NO4. The van der Waals surface area contributed by atoms with Gasteiger partial charge in [0.2, 0.25) is 0 Å². The van der Waals surface area contributed by atoms with Crippen LogP contribution in [0.15, 0.2) is 36.4 Å². The number of methoxy groups -OCH3 is 1. The number of esters is 1. The number of benzene rings is 2. The second kappa shape index (κ2) is 7.64. The normalized spacial score (nSPS) is 10.2. The van der Waals surface area contributed by atoms with E-state index in [1.165, 1.54) is 0 Å². The third-order valence-electron chi connectivity index (χ3n) is 3.65. The molecular weight excluding hydrogens is 306 g/mol. The van der Waals surface area contributed by atoms with E-state index in [1.807, 2.05) is 13.8 Å². The lowest BCUT2D eigenvalue weighted by atomic mass is 10.1. The number of anilines is 1. The van der Waals surface area contributed by atoms with Gasteiger partial charge in [0, 0.05) is 11.3 Å². The quantitative estimate of drug-likeness (QED) is 0.850. The lowest BCUT2D eigenvalue weighted by Gasteiger charge is -2.11. The van der Waals surface area contributed by atoms with Crippen LogP contribution in [0.25, 0.3) is 0 Å². The lowest BCUT2D eigenvalue weighted by Crippen LogP contribution is -2.14. The molecule has 0 aliphatic heterocycles. The minimum absolute atomic E-state index is 0.245. The molecule has 0 spiro atoms. The number of carbonyl (C=O) groups is 2. The maximum atomic E-state index is 12.5. The molecule has 0 saturated carbocycles. The van der Waals surface area contributed by atoms with Crippen LogP contribution in [-0.4, -0.2) is 25.6 Å². The standard InChI is InChI=1S/C19H21NO4/c1-5-24-19(22)15-7-6-12(2)16(11-15)20-18(21)14-8-9-17(23-4)13(3)10-14/h6-11H,5H2,1-4H3,(H,20,21). The topological polar surface area (TPSA) is 64.6 Å². The molecule has 0 heterocycles. The molecule has 0 aliphatic rings. The van der Waals surface area contributed by atoms with Gasteiger partial charge < -0.3 is 14.8 Å². The molecule has 0 aromatic heterocycles. The van der Waals surface area contributed by atoms with Crippen molar-refractivity contribution in [1.29, 1.82) is 0 Å². The Hall–Kier alpha value is -2.82. The van der Waals surface area contributed by atoms with Gasteiger partial charge in [0.1, 0.15) is 5.75 Å². The van der Waals surface area contributed by atoms with E-state index in [0.29, 0.717) is 23.4 Å². The van der Waals surface area contributed by atoms with Gasteiger partial charge in [-0.05, 0) is 62.2 Å². The van der Waals surface area contributed by atoms with E-state index in [0.717, 1.165) is 16.9 Å². The van der Waals surface area contributed by atoms with Gasteiger partial charge in [-0.3, -0.25) is 4.79 Å². The van der Waals surface area contributed by atoms with Crippen LogP contribution >= 0.6 is 0 Å². The van der Waals surface area contributed by atoms with Crippen molar-refractivity contribution in [1.82, 2.24) is 0 Å². The molecule has 0 atom stereocenters. The molecule has 0 bridgehead atoms. The Morgan fingerprint density at radius 2 is 1.71 bits per heavy atom. The van der Waals surface area contributed by atoms with E-state index >= 15 is 0 Å². The number of amides is 1. The Morgan fingerprint density at radius 1 is 1.00 bits per heavy atom. The third-order valence-corrected chi connectivity index (χ3v) is 3.65. The van der Waals surface area contributed by atoms with Crippen LogP contribution in [0.2, 0.25) is 0 Å². The van der Waals surface area contributed by atoms with E-state index in [-0.39, 0.29) is 5.91 Å². The van der Waals surface area contributed by atoms with Crippen molar-refractivity contribution in [3.8, 4) is 5.75 Å². The molecule has 0 aliphatic carbocycles. The summed E-state index contributed by atoms with van der Waals surface area (Å²) in [4.78, 5) is 24.3. The smallest absolute Gasteiger partial charge is 0.338 e. The summed E-state index contributed by atoms with van der Waals surface area (Å²) in [6, 6.07) is 10.3. The maximum Gasteiger partial charge on any atom is 0.338 e. The van der Waals surface area contributed by atoms with Gasteiger partial charge >= 0.3 is 5.97 Å². The summed E-state index contributed by atoms with van der Waals surface area (Å²) in [5, 5.41) is 2.84. The summed E-state index contributed by atoms with van der Waals surface area (Å²) >= 11 is 0. The van der Waals surface area contributed by atoms with Crippen molar-refractivity contribution in [3.63, 3.8) is 0 Å². The average molecular weight is 327 g/mol. The van der Waals surface area contributed by atoms with Crippen LogP contribution in [0.3, 0.4) is 0 Å². The average Bonchev–Trinajstić information content (AvgIpc) is 2.56. The van der Waals surface area contributed by atoms with Gasteiger partial charge in [-0.1, -0.05) is 6.07 Å².